The molecule has 4 atom stereocenters. The number of furan rings is 1. The summed E-state index contributed by atoms with van der Waals surface area (Å²) in [6.45, 7) is -0.323. The SMILES string of the molecule is CN(C)c1ccc(N=Nc2ccc(N3C(=O)C4CC=C5C(c6ccc(CO)o6)C6=C(CC5C4C3=O)C(=O)C(Br)=CC6=O)cc2)cc1. The summed E-state index contributed by atoms with van der Waals surface area (Å²) in [6, 6.07) is 17.7. The first-order chi connectivity index (χ1) is 22.2. The molecule has 46 heavy (non-hydrogen) atoms. The van der Waals surface area contributed by atoms with Crippen molar-refractivity contribution in [2.24, 2.45) is 28.0 Å². The Balaban J connectivity index is 1.18. The molecule has 2 heterocycles. The quantitative estimate of drug-likeness (QED) is 0.141. The number of fused-ring (bicyclic) bond motifs is 3. The Morgan fingerprint density at radius 3 is 2.22 bits per heavy atom. The van der Waals surface area contributed by atoms with E-state index in [2.05, 4.69) is 26.2 Å². The van der Waals surface area contributed by atoms with Crippen LogP contribution in [0.5, 0.6) is 0 Å². The maximum Gasteiger partial charge on any atom is 0.238 e. The van der Waals surface area contributed by atoms with E-state index in [0.29, 0.717) is 46.1 Å². The second kappa shape index (κ2) is 11.6. The Bertz CT molecular complexity index is 1920. The van der Waals surface area contributed by atoms with E-state index in [0.717, 1.165) is 11.3 Å². The number of hydrogen-bond donors (Lipinski definition) is 1. The van der Waals surface area contributed by atoms with Crippen LogP contribution in [0.25, 0.3) is 0 Å². The van der Waals surface area contributed by atoms with Gasteiger partial charge in [0.25, 0.3) is 0 Å². The number of rotatable bonds is 6. The highest BCUT2D eigenvalue weighted by Crippen LogP contribution is 2.55. The number of aliphatic hydroxyl groups excluding tert-OH is 1. The van der Waals surface area contributed by atoms with Crippen LogP contribution in [0.4, 0.5) is 22.7 Å². The summed E-state index contributed by atoms with van der Waals surface area (Å²) < 4.78 is 6.06. The van der Waals surface area contributed by atoms with Gasteiger partial charge >= 0.3 is 0 Å². The monoisotopic (exact) mass is 680 g/mol. The molecule has 0 saturated carbocycles. The number of carbonyl (C=O) groups is 4. The van der Waals surface area contributed by atoms with Gasteiger partial charge in [-0.2, -0.15) is 10.2 Å². The van der Waals surface area contributed by atoms with Crippen molar-refractivity contribution in [2.45, 2.75) is 25.4 Å². The number of hydrogen-bond acceptors (Lipinski definition) is 9. The third-order valence-corrected chi connectivity index (χ3v) is 9.80. The molecule has 4 unspecified atom stereocenters. The first-order valence-electron chi connectivity index (χ1n) is 14.9. The third-order valence-electron chi connectivity index (χ3n) is 9.21. The van der Waals surface area contributed by atoms with E-state index in [9.17, 15) is 24.3 Å². The van der Waals surface area contributed by atoms with Gasteiger partial charge in [-0.3, -0.25) is 24.1 Å². The van der Waals surface area contributed by atoms with Crippen molar-refractivity contribution in [2.75, 3.05) is 23.9 Å². The molecule has 1 fully saturated rings. The summed E-state index contributed by atoms with van der Waals surface area (Å²) in [7, 11) is 3.92. The third kappa shape index (κ3) is 4.90. The van der Waals surface area contributed by atoms with Gasteiger partial charge in [-0.1, -0.05) is 11.6 Å². The first kappa shape index (κ1) is 29.9. The van der Waals surface area contributed by atoms with Crippen molar-refractivity contribution in [3.63, 3.8) is 0 Å². The molecule has 10 nitrogen and oxygen atoms in total. The van der Waals surface area contributed by atoms with Crippen LogP contribution in [0.3, 0.4) is 0 Å². The number of ketones is 2. The van der Waals surface area contributed by atoms with Gasteiger partial charge in [0.1, 0.15) is 18.1 Å². The zero-order valence-electron chi connectivity index (χ0n) is 25.0. The number of aliphatic hydroxyl groups is 1. The van der Waals surface area contributed by atoms with Gasteiger partial charge < -0.3 is 14.4 Å². The van der Waals surface area contributed by atoms with E-state index < -0.39 is 23.7 Å². The number of halogens is 1. The fourth-order valence-corrected chi connectivity index (χ4v) is 7.47. The normalized spacial score (nSPS) is 24.2. The van der Waals surface area contributed by atoms with Crippen LogP contribution in [0, 0.1) is 17.8 Å². The second-order valence-electron chi connectivity index (χ2n) is 12.0. The van der Waals surface area contributed by atoms with Gasteiger partial charge in [-0.05, 0) is 95.4 Å². The van der Waals surface area contributed by atoms with E-state index in [1.165, 1.54) is 11.0 Å². The fraction of sp³-hybridized carbons (Fsp3) is 0.257. The number of imide groups is 1. The predicted octanol–water partition coefficient (Wildman–Crippen LogP) is 6.22. The topological polar surface area (TPSA) is 133 Å². The molecule has 11 heteroatoms. The highest BCUT2D eigenvalue weighted by molar-refractivity contribution is 9.12. The van der Waals surface area contributed by atoms with Crippen molar-refractivity contribution in [3.8, 4) is 0 Å². The molecule has 3 aromatic rings. The minimum atomic E-state index is -0.714. The minimum absolute atomic E-state index is 0.154. The number of carbonyl (C=O) groups excluding carboxylic acids is 4. The van der Waals surface area contributed by atoms with Gasteiger partial charge in [0.05, 0.1) is 39.3 Å². The largest absolute Gasteiger partial charge is 0.463 e. The lowest BCUT2D eigenvalue weighted by Gasteiger charge is -2.41. The van der Waals surface area contributed by atoms with Crippen LogP contribution in [0.1, 0.15) is 30.3 Å². The lowest BCUT2D eigenvalue weighted by atomic mass is 9.60. The second-order valence-corrected chi connectivity index (χ2v) is 12.8. The van der Waals surface area contributed by atoms with Gasteiger partial charge in [0, 0.05) is 37.0 Å². The van der Waals surface area contributed by atoms with E-state index in [4.69, 9.17) is 4.42 Å². The summed E-state index contributed by atoms with van der Waals surface area (Å²) in [5.74, 6) is -3.06. The Hall–Kier alpha value is -4.74. The van der Waals surface area contributed by atoms with E-state index in [1.807, 2.05) is 49.3 Å². The Labute approximate surface area is 272 Å². The summed E-state index contributed by atoms with van der Waals surface area (Å²) in [6.07, 6.45) is 3.66. The molecule has 2 aromatic carbocycles. The summed E-state index contributed by atoms with van der Waals surface area (Å²) in [4.78, 5) is 57.8. The zero-order chi connectivity index (χ0) is 32.3. The maximum absolute atomic E-state index is 14.1. The van der Waals surface area contributed by atoms with Crippen molar-refractivity contribution in [1.29, 1.82) is 0 Å². The van der Waals surface area contributed by atoms with Crippen LogP contribution < -0.4 is 9.80 Å². The molecule has 7 rings (SSSR count). The number of anilines is 2. The van der Waals surface area contributed by atoms with Crippen LogP contribution in [-0.2, 0) is 25.8 Å². The minimum Gasteiger partial charge on any atom is -0.463 e. The Morgan fingerprint density at radius 1 is 0.913 bits per heavy atom. The molecule has 1 saturated heterocycles. The van der Waals surface area contributed by atoms with E-state index in [1.54, 1.807) is 36.4 Å². The maximum atomic E-state index is 14.1. The van der Waals surface area contributed by atoms with Crippen molar-refractivity contribution >= 4 is 62.1 Å². The number of benzene rings is 2. The van der Waals surface area contributed by atoms with Crippen molar-refractivity contribution < 1.29 is 28.7 Å². The van der Waals surface area contributed by atoms with Gasteiger partial charge in [-0.15, -0.1) is 0 Å². The van der Waals surface area contributed by atoms with E-state index >= 15 is 0 Å². The van der Waals surface area contributed by atoms with Gasteiger partial charge in [-0.25, -0.2) is 0 Å². The molecule has 3 aliphatic carbocycles. The van der Waals surface area contributed by atoms with Gasteiger partial charge in [0.2, 0.25) is 11.8 Å². The van der Waals surface area contributed by atoms with Crippen LogP contribution in [-0.4, -0.2) is 42.6 Å². The zero-order valence-corrected chi connectivity index (χ0v) is 26.6. The highest BCUT2D eigenvalue weighted by atomic mass is 79.9. The fourth-order valence-electron chi connectivity index (χ4n) is 7.02. The summed E-state index contributed by atoms with van der Waals surface area (Å²) in [5, 5.41) is 18.2. The molecule has 2 amide bonds. The molecular formula is C35H29BrN4O6. The molecule has 0 bridgehead atoms. The lowest BCUT2D eigenvalue weighted by molar-refractivity contribution is -0.123. The van der Waals surface area contributed by atoms with Gasteiger partial charge in [0.15, 0.2) is 11.6 Å². The highest BCUT2D eigenvalue weighted by Gasteiger charge is 2.57. The smallest absolute Gasteiger partial charge is 0.238 e. The number of amides is 2. The standard InChI is InChI=1S/C35H29BrN4O6/c1-39(2)20-7-3-18(4-8-20)37-38-19-5-9-21(10-6-19)40-34(44)24-13-12-23-25(30(24)35(40)45)15-26-31(28(42)16-27(36)33(26)43)32(23)29-14-11-22(17-41)46-29/h3-12,14,16,24-25,30,32,41H,13,15,17H2,1-2H3. The van der Waals surface area contributed by atoms with Crippen LogP contribution in [0.15, 0.2) is 109 Å². The molecule has 232 valence electrons. The molecule has 0 spiro atoms. The average molecular weight is 682 g/mol. The van der Waals surface area contributed by atoms with E-state index in [-0.39, 0.29) is 40.9 Å². The average Bonchev–Trinajstić information content (AvgIpc) is 3.64. The molecule has 1 N–H and O–H groups in total. The molecular weight excluding hydrogens is 652 g/mol. The van der Waals surface area contributed by atoms with Crippen LogP contribution >= 0.6 is 15.9 Å². The summed E-state index contributed by atoms with van der Waals surface area (Å²) >= 11 is 3.23. The molecule has 1 aliphatic heterocycles. The van der Waals surface area contributed by atoms with Crippen molar-refractivity contribution in [1.82, 2.24) is 0 Å². The van der Waals surface area contributed by atoms with Crippen molar-refractivity contribution in [3.05, 3.63) is 106 Å². The van der Waals surface area contributed by atoms with Crippen LogP contribution in [0.2, 0.25) is 0 Å². The number of azo groups is 1. The Kier molecular flexibility index (Phi) is 7.53. The Morgan fingerprint density at radius 2 is 1.59 bits per heavy atom. The number of allylic oxidation sites excluding steroid dienone is 6. The molecule has 1 aromatic heterocycles. The lowest BCUT2D eigenvalue weighted by Crippen LogP contribution is -2.39. The predicted molar refractivity (Wildman–Crippen MR) is 173 cm³/mol. The number of Topliss-reactive ketones (excluding diaryl/α,β-unsaturated/α-hetero) is 1. The molecule has 4 aliphatic rings. The first-order valence-corrected chi connectivity index (χ1v) is 15.7. The number of nitrogens with zero attached hydrogens (tertiary/aromatic N) is 4. The molecule has 0 radical (unpaired) electrons. The summed E-state index contributed by atoms with van der Waals surface area (Å²) in [5.41, 5.74) is 4.16.